The molecule has 1 saturated heterocycles. The van der Waals surface area contributed by atoms with E-state index in [1.165, 1.54) is 5.69 Å². The average Bonchev–Trinajstić information content (AvgIpc) is 3.10. The number of nitrogens with two attached hydrogens (primary N) is 1. The predicted molar refractivity (Wildman–Crippen MR) is 109 cm³/mol. The van der Waals surface area contributed by atoms with Gasteiger partial charge in [-0.05, 0) is 24.3 Å². The van der Waals surface area contributed by atoms with Gasteiger partial charge in [-0.1, -0.05) is 43.7 Å². The van der Waals surface area contributed by atoms with Gasteiger partial charge in [0.1, 0.15) is 10.0 Å². The highest BCUT2D eigenvalue weighted by Crippen LogP contribution is 2.25. The Morgan fingerprint density at radius 2 is 1.81 bits per heavy atom. The van der Waals surface area contributed by atoms with Gasteiger partial charge in [-0.2, -0.15) is 0 Å². The average molecular weight is 393 g/mol. The highest BCUT2D eigenvalue weighted by Gasteiger charge is 2.20. The van der Waals surface area contributed by atoms with Gasteiger partial charge in [0.05, 0.1) is 6.54 Å². The number of aliphatic imine (C=N–C) groups is 1. The Morgan fingerprint density at radius 1 is 1.15 bits per heavy atom. The summed E-state index contributed by atoms with van der Waals surface area (Å²) >= 11 is 7.56. The normalized spacial score (nSPS) is 16.2. The van der Waals surface area contributed by atoms with Crippen molar-refractivity contribution in [2.45, 2.75) is 32.7 Å². The minimum Gasteiger partial charge on any atom is -0.370 e. The highest BCUT2D eigenvalue weighted by atomic mass is 35.5. The summed E-state index contributed by atoms with van der Waals surface area (Å²) in [4.78, 5) is 8.97. The molecule has 2 heterocycles. The first kappa shape index (κ1) is 18.9. The second-order valence-electron chi connectivity index (χ2n) is 7.38. The number of nitrogens with zero attached hydrogens (tertiary/aromatic N) is 5. The molecule has 1 aromatic heterocycles. The number of rotatable bonds is 3. The van der Waals surface area contributed by atoms with Crippen LogP contribution in [0.25, 0.3) is 0 Å². The number of piperazine rings is 1. The van der Waals surface area contributed by atoms with Gasteiger partial charge >= 0.3 is 0 Å². The zero-order valence-corrected chi connectivity index (χ0v) is 17.0. The van der Waals surface area contributed by atoms with Gasteiger partial charge in [-0.15, -0.1) is 10.2 Å². The predicted octanol–water partition coefficient (Wildman–Crippen LogP) is 3.13. The van der Waals surface area contributed by atoms with Gasteiger partial charge in [0.25, 0.3) is 0 Å². The molecule has 2 N–H and O–H groups in total. The van der Waals surface area contributed by atoms with Gasteiger partial charge in [0.15, 0.2) is 5.96 Å². The van der Waals surface area contributed by atoms with E-state index in [2.05, 4.69) is 57.9 Å². The van der Waals surface area contributed by atoms with E-state index in [9.17, 15) is 0 Å². The van der Waals surface area contributed by atoms with Crippen LogP contribution < -0.4 is 10.6 Å². The van der Waals surface area contributed by atoms with Crippen LogP contribution in [0, 0.1) is 0 Å². The van der Waals surface area contributed by atoms with Crippen LogP contribution in [0.3, 0.4) is 0 Å². The summed E-state index contributed by atoms with van der Waals surface area (Å²) in [6, 6.07) is 7.95. The van der Waals surface area contributed by atoms with Crippen LogP contribution in [0.15, 0.2) is 29.3 Å². The van der Waals surface area contributed by atoms with E-state index < -0.39 is 0 Å². The molecule has 0 aliphatic carbocycles. The van der Waals surface area contributed by atoms with Crippen LogP contribution >= 0.6 is 22.9 Å². The number of hydrogen-bond acceptors (Lipinski definition) is 5. The fourth-order valence-electron chi connectivity index (χ4n) is 2.71. The van der Waals surface area contributed by atoms with Crippen molar-refractivity contribution in [3.8, 4) is 0 Å². The largest absolute Gasteiger partial charge is 0.370 e. The molecule has 8 heteroatoms. The number of aromatic nitrogens is 2. The maximum absolute atomic E-state index is 6.19. The van der Waals surface area contributed by atoms with Gasteiger partial charge in [-0.3, -0.25) is 0 Å². The monoisotopic (exact) mass is 392 g/mol. The Hall–Kier alpha value is -1.86. The topological polar surface area (TPSA) is 70.6 Å². The second kappa shape index (κ2) is 7.80. The summed E-state index contributed by atoms with van der Waals surface area (Å²) in [7, 11) is 0. The Labute approximate surface area is 163 Å². The van der Waals surface area contributed by atoms with Crippen molar-refractivity contribution in [2.75, 3.05) is 31.1 Å². The van der Waals surface area contributed by atoms with E-state index in [4.69, 9.17) is 17.3 Å². The van der Waals surface area contributed by atoms with Crippen molar-refractivity contribution >= 4 is 34.6 Å². The SMILES string of the molecule is CC(C)(C)c1nnc(CN=C(N)N2CCN(c3ccc(Cl)cc3)CC2)s1. The summed E-state index contributed by atoms with van der Waals surface area (Å²) in [5, 5.41) is 11.2. The first-order valence-electron chi connectivity index (χ1n) is 8.71. The molecule has 2 aromatic rings. The lowest BCUT2D eigenvalue weighted by atomic mass is 9.98. The summed E-state index contributed by atoms with van der Waals surface area (Å²) in [5.41, 5.74) is 7.39. The summed E-state index contributed by atoms with van der Waals surface area (Å²) < 4.78 is 0. The second-order valence-corrected chi connectivity index (χ2v) is 8.87. The molecule has 6 nitrogen and oxygen atoms in total. The molecule has 0 atom stereocenters. The molecule has 0 saturated carbocycles. The first-order chi connectivity index (χ1) is 12.3. The molecule has 1 aliphatic heterocycles. The lowest BCUT2D eigenvalue weighted by molar-refractivity contribution is 0.380. The van der Waals surface area contributed by atoms with Gasteiger partial charge in [-0.25, -0.2) is 4.99 Å². The van der Waals surface area contributed by atoms with E-state index in [-0.39, 0.29) is 5.41 Å². The lowest BCUT2D eigenvalue weighted by Crippen LogP contribution is -2.51. The van der Waals surface area contributed by atoms with Crippen LogP contribution in [-0.2, 0) is 12.0 Å². The Balaban J connectivity index is 1.54. The van der Waals surface area contributed by atoms with E-state index in [0.29, 0.717) is 12.5 Å². The first-order valence-corrected chi connectivity index (χ1v) is 9.90. The summed E-state index contributed by atoms with van der Waals surface area (Å²) in [6.45, 7) is 10.4. The molecule has 0 radical (unpaired) electrons. The fraction of sp³-hybridized carbons (Fsp3) is 0.500. The summed E-state index contributed by atoms with van der Waals surface area (Å²) in [5.74, 6) is 0.577. The minimum absolute atomic E-state index is 0.0170. The van der Waals surface area contributed by atoms with Crippen LogP contribution in [0.4, 0.5) is 5.69 Å². The molecule has 3 rings (SSSR count). The molecule has 1 aromatic carbocycles. The van der Waals surface area contributed by atoms with E-state index in [0.717, 1.165) is 41.2 Å². The third-order valence-electron chi connectivity index (χ3n) is 4.28. The zero-order chi connectivity index (χ0) is 18.7. The number of anilines is 1. The van der Waals surface area contributed by atoms with Gasteiger partial charge < -0.3 is 15.5 Å². The molecule has 0 spiro atoms. The number of benzene rings is 1. The lowest BCUT2D eigenvalue weighted by Gasteiger charge is -2.36. The van der Waals surface area contributed by atoms with Crippen LogP contribution in [0.1, 0.15) is 30.8 Å². The molecule has 1 aliphatic rings. The Kier molecular flexibility index (Phi) is 5.67. The minimum atomic E-state index is 0.0170. The summed E-state index contributed by atoms with van der Waals surface area (Å²) in [6.07, 6.45) is 0. The molecule has 1 fully saturated rings. The maximum atomic E-state index is 6.19. The molecular weight excluding hydrogens is 368 g/mol. The van der Waals surface area contributed by atoms with Crippen LogP contribution in [-0.4, -0.2) is 47.2 Å². The van der Waals surface area contributed by atoms with Crippen molar-refractivity contribution < 1.29 is 0 Å². The maximum Gasteiger partial charge on any atom is 0.191 e. The van der Waals surface area contributed by atoms with E-state index in [1.54, 1.807) is 11.3 Å². The van der Waals surface area contributed by atoms with Gasteiger partial charge in [0, 0.05) is 42.3 Å². The molecule has 0 unspecified atom stereocenters. The van der Waals surface area contributed by atoms with Crippen molar-refractivity contribution in [3.63, 3.8) is 0 Å². The number of guanidine groups is 1. The van der Waals surface area contributed by atoms with Crippen molar-refractivity contribution in [1.29, 1.82) is 0 Å². The van der Waals surface area contributed by atoms with Crippen molar-refractivity contribution in [2.24, 2.45) is 10.7 Å². The number of hydrogen-bond donors (Lipinski definition) is 1. The molecule has 140 valence electrons. The van der Waals surface area contributed by atoms with E-state index in [1.807, 2.05) is 12.1 Å². The standard InChI is InChI=1S/C18H25ClN6S/c1-18(2,3)16-23-22-15(26-16)12-21-17(20)25-10-8-24(9-11-25)14-6-4-13(19)5-7-14/h4-7H,8-12H2,1-3H3,(H2,20,21). The Morgan fingerprint density at radius 3 is 2.38 bits per heavy atom. The zero-order valence-electron chi connectivity index (χ0n) is 15.4. The van der Waals surface area contributed by atoms with E-state index >= 15 is 0 Å². The van der Waals surface area contributed by atoms with Crippen LogP contribution in [0.2, 0.25) is 5.02 Å². The highest BCUT2D eigenvalue weighted by molar-refractivity contribution is 7.11. The van der Waals surface area contributed by atoms with Crippen molar-refractivity contribution in [3.05, 3.63) is 39.3 Å². The van der Waals surface area contributed by atoms with Crippen LogP contribution in [0.5, 0.6) is 0 Å². The quantitative estimate of drug-likeness (QED) is 0.641. The molecule has 26 heavy (non-hydrogen) atoms. The molecule has 0 amide bonds. The Bertz CT molecular complexity index is 757. The molecule has 0 bridgehead atoms. The number of halogens is 1. The fourth-order valence-corrected chi connectivity index (χ4v) is 3.66. The van der Waals surface area contributed by atoms with Crippen molar-refractivity contribution in [1.82, 2.24) is 15.1 Å². The third kappa shape index (κ3) is 4.65. The third-order valence-corrected chi connectivity index (χ3v) is 5.87. The van der Waals surface area contributed by atoms with Gasteiger partial charge in [0.2, 0.25) is 0 Å². The molecular formula is C18H25ClN6S. The smallest absolute Gasteiger partial charge is 0.191 e.